The predicted octanol–water partition coefficient (Wildman–Crippen LogP) is 4.68. The Balaban J connectivity index is 1.76. The summed E-state index contributed by atoms with van der Waals surface area (Å²) in [5, 5.41) is 3.99. The number of hydrogen-bond acceptors (Lipinski definition) is 2. The average molecular weight is 282 g/mol. The molecule has 0 spiro atoms. The van der Waals surface area contributed by atoms with Crippen molar-refractivity contribution < 1.29 is 4.39 Å². The van der Waals surface area contributed by atoms with E-state index in [0.717, 1.165) is 27.9 Å². The van der Waals surface area contributed by atoms with Crippen molar-refractivity contribution in [1.29, 1.82) is 0 Å². The van der Waals surface area contributed by atoms with E-state index in [9.17, 15) is 4.39 Å². The number of benzene rings is 2. The van der Waals surface area contributed by atoms with Crippen molar-refractivity contribution >= 4 is 29.1 Å². The van der Waals surface area contributed by atoms with E-state index >= 15 is 0 Å². The van der Waals surface area contributed by atoms with Crippen LogP contribution in [0, 0.1) is 5.82 Å². The summed E-state index contributed by atoms with van der Waals surface area (Å²) in [6, 6.07) is 14.2. The zero-order chi connectivity index (χ0) is 12.8. The monoisotopic (exact) mass is 281 g/mol. The van der Waals surface area contributed by atoms with Crippen LogP contribution in [0.3, 0.4) is 0 Å². The van der Waals surface area contributed by atoms with Gasteiger partial charge in [0.2, 0.25) is 0 Å². The molecule has 0 aliphatic heterocycles. The lowest BCUT2D eigenvalue weighted by Crippen LogP contribution is -2.04. The predicted molar refractivity (Wildman–Crippen MR) is 77.1 cm³/mol. The van der Waals surface area contributed by atoms with Gasteiger partial charge in [0.15, 0.2) is 0 Å². The summed E-state index contributed by atoms with van der Waals surface area (Å²) < 4.78 is 12.7. The minimum atomic E-state index is -0.200. The quantitative estimate of drug-likeness (QED) is 0.631. The fourth-order valence-electron chi connectivity index (χ4n) is 1.49. The van der Waals surface area contributed by atoms with Gasteiger partial charge in [-0.1, -0.05) is 23.7 Å². The number of para-hydroxylation sites is 1. The van der Waals surface area contributed by atoms with E-state index in [1.165, 1.54) is 12.1 Å². The third-order valence-corrected chi connectivity index (χ3v) is 3.72. The maximum absolute atomic E-state index is 12.7. The van der Waals surface area contributed by atoms with E-state index in [-0.39, 0.29) is 5.82 Å². The van der Waals surface area contributed by atoms with Crippen LogP contribution in [0.25, 0.3) is 0 Å². The van der Waals surface area contributed by atoms with Crippen LogP contribution in [-0.4, -0.2) is 12.3 Å². The Morgan fingerprint density at radius 3 is 2.50 bits per heavy atom. The topological polar surface area (TPSA) is 12.0 Å². The van der Waals surface area contributed by atoms with Gasteiger partial charge >= 0.3 is 0 Å². The second-order valence-corrected chi connectivity index (χ2v) is 5.28. The standard InChI is InChI=1S/C14H13ClFNS/c15-13-3-1-2-4-14(13)17-9-10-18-12-7-5-11(16)6-8-12/h1-8,17H,9-10H2. The van der Waals surface area contributed by atoms with E-state index in [2.05, 4.69) is 5.32 Å². The van der Waals surface area contributed by atoms with Gasteiger partial charge in [-0.05, 0) is 36.4 Å². The maximum atomic E-state index is 12.7. The molecule has 0 saturated heterocycles. The van der Waals surface area contributed by atoms with Crippen molar-refractivity contribution in [3.8, 4) is 0 Å². The molecule has 0 saturated carbocycles. The van der Waals surface area contributed by atoms with Gasteiger partial charge in [0.1, 0.15) is 5.82 Å². The Kier molecular flexibility index (Phi) is 4.90. The van der Waals surface area contributed by atoms with Crippen LogP contribution >= 0.6 is 23.4 Å². The van der Waals surface area contributed by atoms with Gasteiger partial charge in [-0.25, -0.2) is 4.39 Å². The molecule has 0 radical (unpaired) electrons. The van der Waals surface area contributed by atoms with E-state index in [1.807, 2.05) is 24.3 Å². The molecule has 4 heteroatoms. The number of halogens is 2. The zero-order valence-corrected chi connectivity index (χ0v) is 11.3. The molecule has 0 atom stereocenters. The largest absolute Gasteiger partial charge is 0.383 e. The van der Waals surface area contributed by atoms with Crippen molar-refractivity contribution in [3.63, 3.8) is 0 Å². The van der Waals surface area contributed by atoms with Gasteiger partial charge in [0.05, 0.1) is 10.7 Å². The first-order valence-corrected chi connectivity index (χ1v) is 6.99. The van der Waals surface area contributed by atoms with Crippen LogP contribution in [0.5, 0.6) is 0 Å². The number of nitrogens with one attached hydrogen (secondary N) is 1. The first-order valence-electron chi connectivity index (χ1n) is 5.62. The summed E-state index contributed by atoms with van der Waals surface area (Å²) >= 11 is 7.71. The molecule has 0 amide bonds. The molecule has 2 aromatic carbocycles. The highest BCUT2D eigenvalue weighted by Crippen LogP contribution is 2.21. The van der Waals surface area contributed by atoms with Crippen LogP contribution in [-0.2, 0) is 0 Å². The SMILES string of the molecule is Fc1ccc(SCCNc2ccccc2Cl)cc1. The lowest BCUT2D eigenvalue weighted by atomic mass is 10.3. The summed E-state index contributed by atoms with van der Waals surface area (Å²) in [4.78, 5) is 1.07. The third-order valence-electron chi connectivity index (χ3n) is 2.37. The van der Waals surface area contributed by atoms with Crippen molar-refractivity contribution in [1.82, 2.24) is 0 Å². The van der Waals surface area contributed by atoms with Crippen molar-refractivity contribution in [2.75, 3.05) is 17.6 Å². The average Bonchev–Trinajstić information content (AvgIpc) is 2.39. The highest BCUT2D eigenvalue weighted by molar-refractivity contribution is 7.99. The molecule has 0 aliphatic rings. The van der Waals surface area contributed by atoms with Gasteiger partial charge in [0, 0.05) is 17.2 Å². The Morgan fingerprint density at radius 1 is 1.06 bits per heavy atom. The van der Waals surface area contributed by atoms with Gasteiger partial charge in [-0.2, -0.15) is 0 Å². The molecule has 2 aromatic rings. The minimum Gasteiger partial charge on any atom is -0.383 e. The molecule has 0 unspecified atom stereocenters. The molecule has 94 valence electrons. The Morgan fingerprint density at radius 2 is 1.78 bits per heavy atom. The van der Waals surface area contributed by atoms with E-state index in [4.69, 9.17) is 11.6 Å². The Bertz CT molecular complexity index is 501. The maximum Gasteiger partial charge on any atom is 0.123 e. The van der Waals surface area contributed by atoms with Crippen molar-refractivity contribution in [2.24, 2.45) is 0 Å². The molecule has 0 bridgehead atoms. The van der Waals surface area contributed by atoms with Crippen LogP contribution in [0.15, 0.2) is 53.4 Å². The molecule has 2 rings (SSSR count). The lowest BCUT2D eigenvalue weighted by Gasteiger charge is -2.07. The molecule has 18 heavy (non-hydrogen) atoms. The first kappa shape index (κ1) is 13.2. The Labute approximate surface area is 115 Å². The van der Waals surface area contributed by atoms with E-state index in [0.29, 0.717) is 0 Å². The molecule has 1 nitrogen and oxygen atoms in total. The Hall–Kier alpha value is -1.19. The smallest absolute Gasteiger partial charge is 0.123 e. The van der Waals surface area contributed by atoms with Gasteiger partial charge in [-0.15, -0.1) is 11.8 Å². The molecule has 1 N–H and O–H groups in total. The number of anilines is 1. The van der Waals surface area contributed by atoms with E-state index in [1.54, 1.807) is 23.9 Å². The summed E-state index contributed by atoms with van der Waals surface area (Å²) in [5.74, 6) is 0.699. The fourth-order valence-corrected chi connectivity index (χ4v) is 2.46. The van der Waals surface area contributed by atoms with Crippen molar-refractivity contribution in [2.45, 2.75) is 4.90 Å². The molecule has 0 aliphatic carbocycles. The van der Waals surface area contributed by atoms with Gasteiger partial charge < -0.3 is 5.32 Å². The van der Waals surface area contributed by atoms with Gasteiger partial charge in [-0.3, -0.25) is 0 Å². The second-order valence-electron chi connectivity index (χ2n) is 3.71. The van der Waals surface area contributed by atoms with Crippen LogP contribution in [0.1, 0.15) is 0 Å². The first-order chi connectivity index (χ1) is 8.75. The van der Waals surface area contributed by atoms with Gasteiger partial charge in [0.25, 0.3) is 0 Å². The third kappa shape index (κ3) is 3.93. The molecule has 0 heterocycles. The minimum absolute atomic E-state index is 0.200. The van der Waals surface area contributed by atoms with Crippen LogP contribution in [0.4, 0.5) is 10.1 Å². The molecular formula is C14H13ClFNS. The van der Waals surface area contributed by atoms with Crippen LogP contribution < -0.4 is 5.32 Å². The molecule has 0 aromatic heterocycles. The highest BCUT2D eigenvalue weighted by Gasteiger charge is 1.98. The second kappa shape index (κ2) is 6.66. The van der Waals surface area contributed by atoms with E-state index < -0.39 is 0 Å². The van der Waals surface area contributed by atoms with Crippen molar-refractivity contribution in [3.05, 3.63) is 59.4 Å². The summed E-state index contributed by atoms with van der Waals surface area (Å²) in [5.41, 5.74) is 0.943. The summed E-state index contributed by atoms with van der Waals surface area (Å²) in [6.45, 7) is 0.811. The number of rotatable bonds is 5. The lowest BCUT2D eigenvalue weighted by molar-refractivity contribution is 0.626. The normalized spacial score (nSPS) is 10.3. The van der Waals surface area contributed by atoms with Crippen LogP contribution in [0.2, 0.25) is 5.02 Å². The zero-order valence-electron chi connectivity index (χ0n) is 9.70. The summed E-state index contributed by atoms with van der Waals surface area (Å²) in [7, 11) is 0. The summed E-state index contributed by atoms with van der Waals surface area (Å²) in [6.07, 6.45) is 0. The number of thioether (sulfide) groups is 1. The molecular weight excluding hydrogens is 269 g/mol. The highest BCUT2D eigenvalue weighted by atomic mass is 35.5. The molecule has 0 fully saturated rings. The number of hydrogen-bond donors (Lipinski definition) is 1. The fraction of sp³-hybridized carbons (Fsp3) is 0.143.